The van der Waals surface area contributed by atoms with E-state index in [1.165, 1.54) is 11.3 Å². The third-order valence-electron chi connectivity index (χ3n) is 2.67. The van der Waals surface area contributed by atoms with Gasteiger partial charge in [0.15, 0.2) is 0 Å². The lowest BCUT2D eigenvalue weighted by Gasteiger charge is -2.19. The van der Waals surface area contributed by atoms with Gasteiger partial charge >= 0.3 is 5.97 Å². The van der Waals surface area contributed by atoms with Crippen molar-refractivity contribution in [1.29, 1.82) is 0 Å². The van der Waals surface area contributed by atoms with E-state index in [4.69, 9.17) is 4.74 Å². The molecule has 0 aliphatic rings. The molecule has 18 heavy (non-hydrogen) atoms. The van der Waals surface area contributed by atoms with Crippen molar-refractivity contribution in [2.24, 2.45) is 0 Å². The molecule has 1 aromatic carbocycles. The van der Waals surface area contributed by atoms with E-state index in [9.17, 15) is 4.79 Å². The van der Waals surface area contributed by atoms with Gasteiger partial charge in [0, 0.05) is 4.47 Å². The van der Waals surface area contributed by atoms with Crippen molar-refractivity contribution in [3.63, 3.8) is 0 Å². The Balaban J connectivity index is 2.44. The molecule has 0 fully saturated rings. The molecule has 1 aromatic heterocycles. The number of aromatic nitrogens is 1. The van der Waals surface area contributed by atoms with Gasteiger partial charge in [0.25, 0.3) is 0 Å². The summed E-state index contributed by atoms with van der Waals surface area (Å²) >= 11 is 4.96. The highest BCUT2D eigenvalue weighted by atomic mass is 79.9. The Labute approximate surface area is 118 Å². The van der Waals surface area contributed by atoms with E-state index in [1.807, 2.05) is 39.0 Å². The molecule has 0 atom stereocenters. The van der Waals surface area contributed by atoms with Crippen LogP contribution < -0.4 is 0 Å². The molecule has 0 saturated carbocycles. The van der Waals surface area contributed by atoms with Crippen LogP contribution in [-0.4, -0.2) is 17.6 Å². The number of thiazole rings is 1. The number of esters is 1. The Bertz CT molecular complexity index is 592. The minimum absolute atomic E-state index is 0.233. The van der Waals surface area contributed by atoms with Crippen LogP contribution in [0.5, 0.6) is 0 Å². The van der Waals surface area contributed by atoms with Crippen LogP contribution in [0.4, 0.5) is 0 Å². The van der Waals surface area contributed by atoms with Gasteiger partial charge < -0.3 is 4.74 Å². The molecular formula is C13H14BrNO2S. The van der Waals surface area contributed by atoms with E-state index in [-0.39, 0.29) is 5.97 Å². The molecule has 0 unspecified atom stereocenters. The van der Waals surface area contributed by atoms with Gasteiger partial charge in [-0.2, -0.15) is 0 Å². The molecule has 0 aliphatic carbocycles. The first kappa shape index (κ1) is 13.5. The molecule has 3 nitrogen and oxygen atoms in total. The summed E-state index contributed by atoms with van der Waals surface area (Å²) in [4.78, 5) is 16.5. The second kappa shape index (κ2) is 4.97. The maximum atomic E-state index is 11.9. The van der Waals surface area contributed by atoms with Crippen LogP contribution in [0, 0.1) is 0 Å². The van der Waals surface area contributed by atoms with Crippen molar-refractivity contribution in [2.75, 3.05) is 6.61 Å². The summed E-state index contributed by atoms with van der Waals surface area (Å²) in [7, 11) is 0. The van der Waals surface area contributed by atoms with Gasteiger partial charge in [0.1, 0.15) is 10.4 Å². The van der Waals surface area contributed by atoms with Gasteiger partial charge in [-0.3, -0.25) is 4.79 Å². The van der Waals surface area contributed by atoms with E-state index >= 15 is 0 Å². The average Bonchev–Trinajstić information content (AvgIpc) is 2.72. The fourth-order valence-electron chi connectivity index (χ4n) is 1.56. The highest BCUT2D eigenvalue weighted by Gasteiger charge is 2.34. The lowest BCUT2D eigenvalue weighted by atomic mass is 9.95. The summed E-state index contributed by atoms with van der Waals surface area (Å²) < 4.78 is 7.18. The minimum Gasteiger partial charge on any atom is -0.465 e. The summed E-state index contributed by atoms with van der Waals surface area (Å²) in [5, 5.41) is 0.786. The molecule has 0 aliphatic heterocycles. The summed E-state index contributed by atoms with van der Waals surface area (Å²) in [5.41, 5.74) is 0.210. The van der Waals surface area contributed by atoms with Crippen LogP contribution in [-0.2, 0) is 14.9 Å². The SMILES string of the molecule is CCOC(=O)C(C)(C)c1nc2ccc(Br)cc2s1. The van der Waals surface area contributed by atoms with Crippen molar-refractivity contribution in [3.8, 4) is 0 Å². The highest BCUT2D eigenvalue weighted by molar-refractivity contribution is 9.10. The molecule has 0 radical (unpaired) electrons. The maximum absolute atomic E-state index is 11.9. The van der Waals surface area contributed by atoms with Crippen molar-refractivity contribution in [2.45, 2.75) is 26.2 Å². The Morgan fingerprint density at radius 1 is 1.50 bits per heavy atom. The van der Waals surface area contributed by atoms with Gasteiger partial charge in [-0.05, 0) is 39.0 Å². The van der Waals surface area contributed by atoms with E-state index in [1.54, 1.807) is 0 Å². The van der Waals surface area contributed by atoms with Crippen molar-refractivity contribution in [3.05, 3.63) is 27.7 Å². The normalized spacial score (nSPS) is 11.8. The zero-order valence-electron chi connectivity index (χ0n) is 10.5. The van der Waals surface area contributed by atoms with Crippen molar-refractivity contribution < 1.29 is 9.53 Å². The monoisotopic (exact) mass is 327 g/mol. The number of ether oxygens (including phenoxy) is 1. The smallest absolute Gasteiger partial charge is 0.318 e. The zero-order valence-corrected chi connectivity index (χ0v) is 12.9. The lowest BCUT2D eigenvalue weighted by molar-refractivity contribution is -0.148. The summed E-state index contributed by atoms with van der Waals surface area (Å²) in [5.74, 6) is -0.233. The van der Waals surface area contributed by atoms with E-state index in [0.717, 1.165) is 19.7 Å². The molecule has 0 saturated heterocycles. The topological polar surface area (TPSA) is 39.2 Å². The van der Waals surface area contributed by atoms with Crippen LogP contribution in [0.3, 0.4) is 0 Å². The van der Waals surface area contributed by atoms with Gasteiger partial charge in [0.05, 0.1) is 16.8 Å². The molecule has 96 valence electrons. The molecule has 5 heteroatoms. The number of benzene rings is 1. The molecule has 2 aromatic rings. The molecule has 0 spiro atoms. The van der Waals surface area contributed by atoms with Gasteiger partial charge in [-0.15, -0.1) is 11.3 Å². The van der Waals surface area contributed by atoms with E-state index in [2.05, 4.69) is 20.9 Å². The zero-order chi connectivity index (χ0) is 13.3. The van der Waals surface area contributed by atoms with Crippen LogP contribution in [0.25, 0.3) is 10.2 Å². The third kappa shape index (κ3) is 2.42. The maximum Gasteiger partial charge on any atom is 0.318 e. The fourth-order valence-corrected chi connectivity index (χ4v) is 3.17. The first-order valence-corrected chi connectivity index (χ1v) is 7.30. The van der Waals surface area contributed by atoms with Gasteiger partial charge in [-0.25, -0.2) is 4.98 Å². The number of carbonyl (C=O) groups excluding carboxylic acids is 1. The summed E-state index contributed by atoms with van der Waals surface area (Å²) in [6, 6.07) is 5.90. The van der Waals surface area contributed by atoms with Gasteiger partial charge in [0.2, 0.25) is 0 Å². The Hall–Kier alpha value is -0.940. The number of nitrogens with zero attached hydrogens (tertiary/aromatic N) is 1. The molecular weight excluding hydrogens is 314 g/mol. The van der Waals surface area contributed by atoms with Crippen LogP contribution >= 0.6 is 27.3 Å². The van der Waals surface area contributed by atoms with Crippen LogP contribution in [0.2, 0.25) is 0 Å². The number of fused-ring (bicyclic) bond motifs is 1. The molecule has 1 heterocycles. The van der Waals surface area contributed by atoms with Crippen LogP contribution in [0.1, 0.15) is 25.8 Å². The lowest BCUT2D eigenvalue weighted by Crippen LogP contribution is -2.30. The Kier molecular flexibility index (Phi) is 3.73. The molecule has 0 N–H and O–H groups in total. The van der Waals surface area contributed by atoms with E-state index in [0.29, 0.717) is 6.61 Å². The quantitative estimate of drug-likeness (QED) is 0.802. The molecule has 0 amide bonds. The van der Waals surface area contributed by atoms with Crippen LogP contribution in [0.15, 0.2) is 22.7 Å². The molecule has 2 rings (SSSR count). The minimum atomic E-state index is -0.702. The summed E-state index contributed by atoms with van der Waals surface area (Å²) in [6.45, 7) is 5.89. The second-order valence-corrected chi connectivity index (χ2v) is 6.42. The summed E-state index contributed by atoms with van der Waals surface area (Å²) in [6.07, 6.45) is 0. The third-order valence-corrected chi connectivity index (χ3v) is 4.51. The van der Waals surface area contributed by atoms with Gasteiger partial charge in [-0.1, -0.05) is 15.9 Å². The van der Waals surface area contributed by atoms with Crippen molar-refractivity contribution >= 4 is 43.5 Å². The standard InChI is InChI=1S/C13H14BrNO2S/c1-4-17-12(16)13(2,3)11-15-9-6-5-8(14)7-10(9)18-11/h5-7H,4H2,1-3H3. The predicted molar refractivity (Wildman–Crippen MR) is 77.0 cm³/mol. The number of carbonyl (C=O) groups is 1. The number of hydrogen-bond acceptors (Lipinski definition) is 4. The average molecular weight is 328 g/mol. The Morgan fingerprint density at radius 3 is 2.89 bits per heavy atom. The first-order chi connectivity index (χ1) is 8.45. The predicted octanol–water partition coefficient (Wildman–Crippen LogP) is 3.90. The van der Waals surface area contributed by atoms with E-state index < -0.39 is 5.41 Å². The largest absolute Gasteiger partial charge is 0.465 e. The number of rotatable bonds is 3. The number of hydrogen-bond donors (Lipinski definition) is 0. The Morgan fingerprint density at radius 2 is 2.22 bits per heavy atom. The second-order valence-electron chi connectivity index (χ2n) is 4.48. The molecule has 0 bridgehead atoms. The fraction of sp³-hybridized carbons (Fsp3) is 0.385. The first-order valence-electron chi connectivity index (χ1n) is 5.69. The highest BCUT2D eigenvalue weighted by Crippen LogP contribution is 2.33. The number of halogens is 1. The van der Waals surface area contributed by atoms with Crippen molar-refractivity contribution in [1.82, 2.24) is 4.98 Å².